The first kappa shape index (κ1) is 16.7. The van der Waals surface area contributed by atoms with Crippen LogP contribution in [-0.2, 0) is 22.4 Å². The van der Waals surface area contributed by atoms with E-state index in [9.17, 15) is 20.0 Å². The minimum Gasteiger partial charge on any atom is -0.481 e. The van der Waals surface area contributed by atoms with E-state index in [0.717, 1.165) is 31.2 Å². The van der Waals surface area contributed by atoms with Gasteiger partial charge >= 0.3 is 5.97 Å². The number of anilines is 1. The SMILES string of the molecule is N#Cc1c(NC(=O)C2CC=CCC2C(=O)O)sc2c1CCCCC2. The number of carboxylic acid groups (broad SMARTS) is 1. The zero-order valence-corrected chi connectivity index (χ0v) is 14.2. The van der Waals surface area contributed by atoms with Crippen molar-refractivity contribution in [2.45, 2.75) is 44.9 Å². The average molecular weight is 344 g/mol. The zero-order valence-electron chi connectivity index (χ0n) is 13.4. The molecule has 3 rings (SSSR count). The van der Waals surface area contributed by atoms with E-state index in [1.165, 1.54) is 22.6 Å². The summed E-state index contributed by atoms with van der Waals surface area (Å²) in [6.07, 6.45) is 9.66. The van der Waals surface area contributed by atoms with E-state index in [-0.39, 0.29) is 5.91 Å². The van der Waals surface area contributed by atoms with E-state index >= 15 is 0 Å². The van der Waals surface area contributed by atoms with E-state index < -0.39 is 17.8 Å². The van der Waals surface area contributed by atoms with Crippen molar-refractivity contribution in [3.63, 3.8) is 0 Å². The molecule has 6 heteroatoms. The molecule has 1 aromatic rings. The van der Waals surface area contributed by atoms with Crippen LogP contribution in [0.1, 0.15) is 48.1 Å². The predicted octanol–water partition coefficient (Wildman–Crippen LogP) is 3.49. The molecule has 0 radical (unpaired) electrons. The second-order valence-corrected chi connectivity index (χ2v) is 7.47. The first-order chi connectivity index (χ1) is 11.6. The van der Waals surface area contributed by atoms with Crippen LogP contribution in [-0.4, -0.2) is 17.0 Å². The molecule has 2 N–H and O–H groups in total. The van der Waals surface area contributed by atoms with Gasteiger partial charge in [0.15, 0.2) is 0 Å². The number of nitrogens with zero attached hydrogens (tertiary/aromatic N) is 1. The van der Waals surface area contributed by atoms with Gasteiger partial charge in [-0.05, 0) is 44.1 Å². The van der Waals surface area contributed by atoms with Gasteiger partial charge in [-0.15, -0.1) is 11.3 Å². The lowest BCUT2D eigenvalue weighted by Crippen LogP contribution is -2.34. The van der Waals surface area contributed by atoms with Crippen molar-refractivity contribution >= 4 is 28.2 Å². The average Bonchev–Trinajstić information content (AvgIpc) is 2.74. The third-order valence-electron chi connectivity index (χ3n) is 4.86. The summed E-state index contributed by atoms with van der Waals surface area (Å²) in [5, 5.41) is 22.3. The Morgan fingerprint density at radius 1 is 1.17 bits per heavy atom. The summed E-state index contributed by atoms with van der Waals surface area (Å²) in [6, 6.07) is 2.24. The van der Waals surface area contributed by atoms with Crippen molar-refractivity contribution in [1.82, 2.24) is 0 Å². The Labute approximate surface area is 145 Å². The van der Waals surface area contributed by atoms with E-state index in [1.807, 2.05) is 12.2 Å². The number of allylic oxidation sites excluding steroid dienone is 2. The smallest absolute Gasteiger partial charge is 0.307 e. The Morgan fingerprint density at radius 2 is 1.88 bits per heavy atom. The van der Waals surface area contributed by atoms with E-state index in [4.69, 9.17) is 0 Å². The monoisotopic (exact) mass is 344 g/mol. The van der Waals surface area contributed by atoms with Gasteiger partial charge in [-0.1, -0.05) is 18.6 Å². The number of aryl methyl sites for hydroxylation is 1. The van der Waals surface area contributed by atoms with Gasteiger partial charge in [0.2, 0.25) is 5.91 Å². The van der Waals surface area contributed by atoms with Gasteiger partial charge in [0.1, 0.15) is 11.1 Å². The molecule has 1 amide bonds. The maximum Gasteiger partial charge on any atom is 0.307 e. The highest BCUT2D eigenvalue weighted by Crippen LogP contribution is 2.38. The molecule has 5 nitrogen and oxygen atoms in total. The standard InChI is InChI=1S/C18H20N2O3S/c19-10-14-11-6-2-1-3-9-15(11)24-17(14)20-16(21)12-7-4-5-8-13(12)18(22)23/h4-5,12-13H,1-3,6-9H2,(H,20,21)(H,22,23). The third kappa shape index (κ3) is 3.22. The van der Waals surface area contributed by atoms with Gasteiger partial charge in [-0.3, -0.25) is 9.59 Å². The number of carbonyl (C=O) groups is 2. The van der Waals surface area contributed by atoms with E-state index in [0.29, 0.717) is 23.4 Å². The van der Waals surface area contributed by atoms with Crippen LogP contribution in [0.25, 0.3) is 0 Å². The van der Waals surface area contributed by atoms with Crippen molar-refractivity contribution in [2.75, 3.05) is 5.32 Å². The molecule has 0 saturated carbocycles. The molecule has 2 unspecified atom stereocenters. The largest absolute Gasteiger partial charge is 0.481 e. The number of nitriles is 1. The minimum absolute atomic E-state index is 0.292. The van der Waals surface area contributed by atoms with Crippen molar-refractivity contribution in [1.29, 1.82) is 5.26 Å². The van der Waals surface area contributed by atoms with Gasteiger partial charge in [0.25, 0.3) is 0 Å². The fraction of sp³-hybridized carbons (Fsp3) is 0.500. The number of carbonyl (C=O) groups excluding carboxylic acids is 1. The number of hydrogen-bond acceptors (Lipinski definition) is 4. The number of amides is 1. The summed E-state index contributed by atoms with van der Waals surface area (Å²) in [5.74, 6) is -2.51. The third-order valence-corrected chi connectivity index (χ3v) is 6.06. The Kier molecular flexibility index (Phi) is 5.00. The van der Waals surface area contributed by atoms with Crippen LogP contribution in [0.2, 0.25) is 0 Å². The summed E-state index contributed by atoms with van der Waals surface area (Å²) in [7, 11) is 0. The molecule has 0 bridgehead atoms. The maximum absolute atomic E-state index is 12.6. The zero-order chi connectivity index (χ0) is 17.1. The summed E-state index contributed by atoms with van der Waals surface area (Å²) in [6.45, 7) is 0. The van der Waals surface area contributed by atoms with Gasteiger partial charge in [-0.25, -0.2) is 0 Å². The van der Waals surface area contributed by atoms with Crippen molar-refractivity contribution in [2.24, 2.45) is 11.8 Å². The van der Waals surface area contributed by atoms with Crippen molar-refractivity contribution in [3.05, 3.63) is 28.2 Å². The highest BCUT2D eigenvalue weighted by molar-refractivity contribution is 7.16. The molecular formula is C18H20N2O3S. The molecule has 2 aliphatic rings. The molecule has 126 valence electrons. The van der Waals surface area contributed by atoms with E-state index in [2.05, 4.69) is 11.4 Å². The van der Waals surface area contributed by atoms with Crippen LogP contribution in [0.3, 0.4) is 0 Å². The summed E-state index contributed by atoms with van der Waals surface area (Å²) >= 11 is 1.48. The first-order valence-corrected chi connectivity index (χ1v) is 9.16. The Balaban J connectivity index is 1.83. The summed E-state index contributed by atoms with van der Waals surface area (Å²) in [4.78, 5) is 25.2. The highest BCUT2D eigenvalue weighted by Gasteiger charge is 2.34. The number of fused-ring (bicyclic) bond motifs is 1. The van der Waals surface area contributed by atoms with Gasteiger partial charge in [0.05, 0.1) is 17.4 Å². The predicted molar refractivity (Wildman–Crippen MR) is 91.9 cm³/mol. The lowest BCUT2D eigenvalue weighted by atomic mass is 9.82. The second kappa shape index (κ2) is 7.18. The van der Waals surface area contributed by atoms with Crippen LogP contribution in [0.5, 0.6) is 0 Å². The van der Waals surface area contributed by atoms with Crippen LogP contribution in [0, 0.1) is 23.2 Å². The molecule has 0 fully saturated rings. The molecule has 0 spiro atoms. The Hall–Kier alpha value is -2.13. The van der Waals surface area contributed by atoms with Crippen molar-refractivity contribution in [3.8, 4) is 6.07 Å². The lowest BCUT2D eigenvalue weighted by molar-refractivity contribution is -0.146. The normalized spacial score (nSPS) is 23.0. The number of carboxylic acids is 1. The molecule has 2 atom stereocenters. The van der Waals surface area contributed by atoms with Crippen LogP contribution in [0.4, 0.5) is 5.00 Å². The highest BCUT2D eigenvalue weighted by atomic mass is 32.1. The number of nitrogens with one attached hydrogen (secondary N) is 1. The molecule has 0 aliphatic heterocycles. The fourth-order valence-corrected chi connectivity index (χ4v) is 4.77. The number of rotatable bonds is 3. The van der Waals surface area contributed by atoms with Crippen molar-refractivity contribution < 1.29 is 14.7 Å². The molecule has 1 aromatic heterocycles. The molecular weight excluding hydrogens is 324 g/mol. The molecule has 2 aliphatic carbocycles. The van der Waals surface area contributed by atoms with Gasteiger partial charge < -0.3 is 10.4 Å². The van der Waals surface area contributed by atoms with Gasteiger partial charge in [0, 0.05) is 4.88 Å². The first-order valence-electron chi connectivity index (χ1n) is 8.35. The minimum atomic E-state index is -0.943. The molecule has 0 saturated heterocycles. The molecule has 0 aromatic carbocycles. The number of thiophene rings is 1. The quantitative estimate of drug-likeness (QED) is 0.649. The Morgan fingerprint density at radius 3 is 2.58 bits per heavy atom. The molecule has 24 heavy (non-hydrogen) atoms. The second-order valence-electron chi connectivity index (χ2n) is 6.36. The number of aliphatic carboxylic acids is 1. The fourth-order valence-electron chi connectivity index (χ4n) is 3.53. The van der Waals surface area contributed by atoms with E-state index in [1.54, 1.807) is 0 Å². The molecule has 1 heterocycles. The maximum atomic E-state index is 12.6. The lowest BCUT2D eigenvalue weighted by Gasteiger charge is -2.23. The number of hydrogen-bond donors (Lipinski definition) is 2. The summed E-state index contributed by atoms with van der Waals surface area (Å²) in [5.41, 5.74) is 1.65. The van der Waals surface area contributed by atoms with Gasteiger partial charge in [-0.2, -0.15) is 5.26 Å². The topological polar surface area (TPSA) is 90.2 Å². The summed E-state index contributed by atoms with van der Waals surface area (Å²) < 4.78 is 0. The Bertz CT molecular complexity index is 729. The van der Waals surface area contributed by atoms with Crippen LogP contribution >= 0.6 is 11.3 Å². The van der Waals surface area contributed by atoms with Crippen LogP contribution in [0.15, 0.2) is 12.2 Å². The van der Waals surface area contributed by atoms with Crippen LogP contribution < -0.4 is 5.32 Å².